The van der Waals surface area contributed by atoms with Gasteiger partial charge in [0.2, 0.25) is 0 Å². The normalized spacial score (nSPS) is 10.0. The van der Waals surface area contributed by atoms with Gasteiger partial charge >= 0.3 is 0 Å². The molecule has 142 valence electrons. The lowest BCUT2D eigenvalue weighted by Crippen LogP contribution is -1.87. The van der Waals surface area contributed by atoms with Crippen molar-refractivity contribution in [1.29, 1.82) is 0 Å². The van der Waals surface area contributed by atoms with Crippen LogP contribution in [-0.2, 0) is 6.42 Å². The average molecular weight is 359 g/mol. The van der Waals surface area contributed by atoms with Gasteiger partial charge in [-0.25, -0.2) is 0 Å². The second-order valence-electron chi connectivity index (χ2n) is 6.27. The van der Waals surface area contributed by atoms with E-state index >= 15 is 0 Å². The molecule has 0 aliphatic rings. The lowest BCUT2D eigenvalue weighted by atomic mass is 10.0. The van der Waals surface area contributed by atoms with Gasteiger partial charge in [-0.05, 0) is 36.6 Å². The van der Waals surface area contributed by atoms with Crippen LogP contribution in [0.2, 0.25) is 0 Å². The molecule has 26 heavy (non-hydrogen) atoms. The molecule has 0 amide bonds. The highest BCUT2D eigenvalue weighted by atomic mass is 16.6. The standard InChI is InChI=1S/C15H24O.C6H5NO3/c1-2-3-4-5-6-7-8-11-14-12-9-10-13-15(14)16;8-6-3-1-5(2-4-6)7(9)10/h9-10,12-13,16H,2-8,11H2,1H3;1-4,8H. The molecule has 2 rings (SSSR count). The van der Waals surface area contributed by atoms with Gasteiger partial charge in [-0.2, -0.15) is 0 Å². The summed E-state index contributed by atoms with van der Waals surface area (Å²) in [5, 5.41) is 28.3. The minimum absolute atomic E-state index is 0.0159. The Hall–Kier alpha value is -2.56. The minimum Gasteiger partial charge on any atom is -0.508 e. The van der Waals surface area contributed by atoms with Gasteiger partial charge in [0, 0.05) is 12.1 Å². The van der Waals surface area contributed by atoms with Gasteiger partial charge in [0.15, 0.2) is 0 Å². The molecule has 2 aromatic carbocycles. The molecule has 0 aliphatic carbocycles. The van der Waals surface area contributed by atoms with Crippen LogP contribution in [-0.4, -0.2) is 15.1 Å². The fourth-order valence-corrected chi connectivity index (χ4v) is 2.57. The van der Waals surface area contributed by atoms with E-state index in [0.29, 0.717) is 5.75 Å². The number of rotatable bonds is 9. The predicted molar refractivity (Wildman–Crippen MR) is 105 cm³/mol. The van der Waals surface area contributed by atoms with Crippen molar-refractivity contribution in [2.45, 2.75) is 58.3 Å². The number of nitro benzene ring substituents is 1. The van der Waals surface area contributed by atoms with Crippen LogP contribution < -0.4 is 0 Å². The van der Waals surface area contributed by atoms with Crippen molar-refractivity contribution in [2.24, 2.45) is 0 Å². The largest absolute Gasteiger partial charge is 0.508 e. The van der Waals surface area contributed by atoms with Crippen LogP contribution in [0.1, 0.15) is 57.4 Å². The zero-order valence-electron chi connectivity index (χ0n) is 15.4. The Morgan fingerprint density at radius 3 is 2.00 bits per heavy atom. The summed E-state index contributed by atoms with van der Waals surface area (Å²) in [4.78, 5) is 9.52. The molecule has 0 aromatic heterocycles. The van der Waals surface area contributed by atoms with E-state index in [1.165, 1.54) is 69.2 Å². The van der Waals surface area contributed by atoms with Gasteiger partial charge in [0.05, 0.1) is 4.92 Å². The molecule has 5 nitrogen and oxygen atoms in total. The molecule has 0 bridgehead atoms. The number of aromatic hydroxyl groups is 2. The molecule has 0 atom stereocenters. The van der Waals surface area contributed by atoms with E-state index in [1.807, 2.05) is 18.2 Å². The zero-order valence-corrected chi connectivity index (χ0v) is 15.4. The molecular formula is C21H29NO4. The van der Waals surface area contributed by atoms with Crippen molar-refractivity contribution in [3.63, 3.8) is 0 Å². The first-order valence-corrected chi connectivity index (χ1v) is 9.25. The van der Waals surface area contributed by atoms with Crippen molar-refractivity contribution < 1.29 is 15.1 Å². The van der Waals surface area contributed by atoms with Crippen LogP contribution in [0.25, 0.3) is 0 Å². The van der Waals surface area contributed by atoms with Gasteiger partial charge in [-0.15, -0.1) is 0 Å². The molecule has 0 saturated heterocycles. The molecular weight excluding hydrogens is 330 g/mol. The van der Waals surface area contributed by atoms with Crippen LogP contribution in [0.15, 0.2) is 48.5 Å². The second kappa shape index (κ2) is 12.8. The third-order valence-electron chi connectivity index (χ3n) is 4.10. The molecule has 0 saturated carbocycles. The van der Waals surface area contributed by atoms with Crippen LogP contribution in [0, 0.1) is 10.1 Å². The van der Waals surface area contributed by atoms with E-state index in [1.54, 1.807) is 6.07 Å². The van der Waals surface area contributed by atoms with Gasteiger partial charge < -0.3 is 10.2 Å². The van der Waals surface area contributed by atoms with E-state index < -0.39 is 4.92 Å². The van der Waals surface area contributed by atoms with Crippen LogP contribution in [0.4, 0.5) is 5.69 Å². The summed E-state index contributed by atoms with van der Waals surface area (Å²) >= 11 is 0. The number of aryl methyl sites for hydroxylation is 1. The maximum absolute atomic E-state index is 10.0. The number of nitro groups is 1. The number of non-ortho nitro benzene ring substituents is 1. The number of hydrogen-bond donors (Lipinski definition) is 2. The summed E-state index contributed by atoms with van der Waals surface area (Å²) in [6.07, 6.45) is 10.3. The first kappa shape index (κ1) is 21.5. The minimum atomic E-state index is -0.514. The topological polar surface area (TPSA) is 83.6 Å². The monoisotopic (exact) mass is 359 g/mol. The van der Waals surface area contributed by atoms with E-state index in [2.05, 4.69) is 6.92 Å². The van der Waals surface area contributed by atoms with Gasteiger partial charge in [-0.1, -0.05) is 63.6 Å². The summed E-state index contributed by atoms with van der Waals surface area (Å²) in [6, 6.07) is 12.7. The molecule has 5 heteroatoms. The molecule has 0 fully saturated rings. The van der Waals surface area contributed by atoms with Crippen molar-refractivity contribution in [1.82, 2.24) is 0 Å². The maximum Gasteiger partial charge on any atom is 0.269 e. The lowest BCUT2D eigenvalue weighted by Gasteiger charge is -2.04. The predicted octanol–water partition coefficient (Wildman–Crippen LogP) is 5.99. The van der Waals surface area contributed by atoms with Crippen LogP contribution in [0.5, 0.6) is 11.5 Å². The summed E-state index contributed by atoms with van der Waals surface area (Å²) in [5.41, 5.74) is 1.08. The summed E-state index contributed by atoms with van der Waals surface area (Å²) in [7, 11) is 0. The fourth-order valence-electron chi connectivity index (χ4n) is 2.57. The van der Waals surface area contributed by atoms with E-state index in [-0.39, 0.29) is 11.4 Å². The van der Waals surface area contributed by atoms with Gasteiger partial charge in [0.25, 0.3) is 5.69 Å². The van der Waals surface area contributed by atoms with Crippen molar-refractivity contribution >= 4 is 5.69 Å². The number of benzene rings is 2. The van der Waals surface area contributed by atoms with E-state index in [0.717, 1.165) is 12.0 Å². The lowest BCUT2D eigenvalue weighted by molar-refractivity contribution is -0.384. The molecule has 2 N–H and O–H groups in total. The third-order valence-corrected chi connectivity index (χ3v) is 4.10. The number of phenolic OH excluding ortho intramolecular Hbond substituents is 2. The summed E-state index contributed by atoms with van der Waals surface area (Å²) in [5.74, 6) is 0.485. The highest BCUT2D eigenvalue weighted by molar-refractivity contribution is 5.35. The first-order valence-electron chi connectivity index (χ1n) is 9.25. The number of para-hydroxylation sites is 1. The highest BCUT2D eigenvalue weighted by Gasteiger charge is 2.01. The van der Waals surface area contributed by atoms with E-state index in [9.17, 15) is 15.2 Å². The number of unbranched alkanes of at least 4 members (excludes halogenated alkanes) is 6. The Morgan fingerprint density at radius 1 is 0.846 bits per heavy atom. The smallest absolute Gasteiger partial charge is 0.269 e. The van der Waals surface area contributed by atoms with Crippen LogP contribution in [0.3, 0.4) is 0 Å². The first-order chi connectivity index (χ1) is 12.5. The average Bonchev–Trinajstić information content (AvgIpc) is 2.63. The molecule has 0 unspecified atom stereocenters. The second-order valence-corrected chi connectivity index (χ2v) is 6.27. The van der Waals surface area contributed by atoms with E-state index in [4.69, 9.17) is 5.11 Å². The van der Waals surface area contributed by atoms with Crippen molar-refractivity contribution in [2.75, 3.05) is 0 Å². The number of phenols is 2. The van der Waals surface area contributed by atoms with Crippen LogP contribution >= 0.6 is 0 Å². The highest BCUT2D eigenvalue weighted by Crippen LogP contribution is 2.19. The van der Waals surface area contributed by atoms with Crippen molar-refractivity contribution in [3.8, 4) is 11.5 Å². The Bertz CT molecular complexity index is 641. The van der Waals surface area contributed by atoms with Crippen molar-refractivity contribution in [3.05, 3.63) is 64.2 Å². The maximum atomic E-state index is 10.0. The summed E-state index contributed by atoms with van der Waals surface area (Å²) in [6.45, 7) is 2.25. The zero-order chi connectivity index (χ0) is 19.2. The molecule has 0 heterocycles. The molecule has 0 spiro atoms. The summed E-state index contributed by atoms with van der Waals surface area (Å²) < 4.78 is 0. The third kappa shape index (κ3) is 9.06. The Kier molecular flexibility index (Phi) is 10.5. The number of nitrogens with zero attached hydrogens (tertiary/aromatic N) is 1. The SMILES string of the molecule is CCCCCCCCCc1ccccc1O.O=[N+]([O-])c1ccc(O)cc1. The Balaban J connectivity index is 0.000000289. The molecule has 0 aliphatic heterocycles. The fraction of sp³-hybridized carbons (Fsp3) is 0.429. The molecule has 0 radical (unpaired) electrons. The number of hydrogen-bond acceptors (Lipinski definition) is 4. The van der Waals surface area contributed by atoms with Gasteiger partial charge in [-0.3, -0.25) is 10.1 Å². The molecule has 2 aromatic rings. The quantitative estimate of drug-likeness (QED) is 0.327. The Labute approximate surface area is 155 Å². The Morgan fingerprint density at radius 2 is 1.42 bits per heavy atom. The van der Waals surface area contributed by atoms with Gasteiger partial charge in [0.1, 0.15) is 11.5 Å².